The first-order valence-electron chi connectivity index (χ1n) is 5.84. The Morgan fingerprint density at radius 3 is 2.56 bits per heavy atom. The molecule has 1 fully saturated rings. The Balaban J connectivity index is 1.97. The van der Waals surface area contributed by atoms with Gasteiger partial charge in [-0.2, -0.15) is 10.2 Å². The average Bonchev–Trinajstić information content (AvgIpc) is 2.39. The van der Waals surface area contributed by atoms with Crippen LogP contribution in [0.3, 0.4) is 0 Å². The Bertz CT molecular complexity index is 489. The summed E-state index contributed by atoms with van der Waals surface area (Å²) in [6, 6.07) is 6.65. The molecule has 82 valence electrons. The van der Waals surface area contributed by atoms with Crippen molar-refractivity contribution < 1.29 is 0 Å². The molecule has 0 atom stereocenters. The lowest BCUT2D eigenvalue weighted by atomic mass is 9.89. The molecule has 0 radical (unpaired) electrons. The summed E-state index contributed by atoms with van der Waals surface area (Å²) < 4.78 is 0. The lowest BCUT2D eigenvalue weighted by molar-refractivity contribution is 0.460. The van der Waals surface area contributed by atoms with Crippen molar-refractivity contribution in [2.75, 3.05) is 13.1 Å². The highest BCUT2D eigenvalue weighted by Gasteiger charge is 2.15. The summed E-state index contributed by atoms with van der Waals surface area (Å²) in [5, 5.41) is 13.6. The lowest BCUT2D eigenvalue weighted by Crippen LogP contribution is -2.26. The molecule has 0 spiro atoms. The molecule has 3 rings (SSSR count). The van der Waals surface area contributed by atoms with Gasteiger partial charge in [0.2, 0.25) is 0 Å². The predicted molar refractivity (Wildman–Crippen MR) is 64.4 cm³/mol. The molecule has 1 aliphatic rings. The maximum Gasteiger partial charge on any atom is 0.0574 e. The van der Waals surface area contributed by atoms with E-state index in [0.29, 0.717) is 5.92 Å². The standard InChI is InChI=1S/C13H15N3/c1-2-12-8-15-16-9-13(12)7-11(1)10-3-5-14-6-4-10/h1-2,7-10,14H,3-6H2. The molecule has 1 aromatic heterocycles. The molecule has 2 aromatic rings. The van der Waals surface area contributed by atoms with E-state index in [1.54, 1.807) is 0 Å². The summed E-state index contributed by atoms with van der Waals surface area (Å²) in [7, 11) is 0. The van der Waals surface area contributed by atoms with Gasteiger partial charge in [0.15, 0.2) is 0 Å². The van der Waals surface area contributed by atoms with E-state index < -0.39 is 0 Å². The van der Waals surface area contributed by atoms with Gasteiger partial charge < -0.3 is 5.32 Å². The monoisotopic (exact) mass is 213 g/mol. The van der Waals surface area contributed by atoms with Gasteiger partial charge in [-0.25, -0.2) is 0 Å². The Hall–Kier alpha value is -1.48. The zero-order valence-electron chi connectivity index (χ0n) is 9.19. The van der Waals surface area contributed by atoms with Crippen LogP contribution in [0.1, 0.15) is 24.3 Å². The van der Waals surface area contributed by atoms with Crippen LogP contribution in [0.15, 0.2) is 30.6 Å². The maximum atomic E-state index is 3.94. The first-order chi connectivity index (χ1) is 7.93. The number of aromatic nitrogens is 2. The molecule has 0 amide bonds. The normalized spacial score (nSPS) is 17.8. The van der Waals surface area contributed by atoms with E-state index in [-0.39, 0.29) is 0 Å². The highest BCUT2D eigenvalue weighted by atomic mass is 15.1. The Labute approximate surface area is 94.9 Å². The van der Waals surface area contributed by atoms with Gasteiger partial charge >= 0.3 is 0 Å². The fraction of sp³-hybridized carbons (Fsp3) is 0.385. The van der Waals surface area contributed by atoms with Crippen LogP contribution in [0, 0.1) is 0 Å². The highest BCUT2D eigenvalue weighted by Crippen LogP contribution is 2.27. The third-order valence-electron chi connectivity index (χ3n) is 3.38. The smallest absolute Gasteiger partial charge is 0.0574 e. The lowest BCUT2D eigenvalue weighted by Gasteiger charge is -2.23. The van der Waals surface area contributed by atoms with Gasteiger partial charge in [0.05, 0.1) is 12.4 Å². The van der Waals surface area contributed by atoms with E-state index in [1.807, 2.05) is 12.4 Å². The van der Waals surface area contributed by atoms with Gasteiger partial charge in [0.1, 0.15) is 0 Å². The van der Waals surface area contributed by atoms with Gasteiger partial charge in [-0.1, -0.05) is 12.1 Å². The minimum Gasteiger partial charge on any atom is -0.317 e. The van der Waals surface area contributed by atoms with Gasteiger partial charge in [0.25, 0.3) is 0 Å². The molecule has 2 heterocycles. The van der Waals surface area contributed by atoms with Crippen molar-refractivity contribution in [1.29, 1.82) is 0 Å². The molecule has 1 saturated heterocycles. The first-order valence-corrected chi connectivity index (χ1v) is 5.84. The van der Waals surface area contributed by atoms with Crippen LogP contribution >= 0.6 is 0 Å². The molecule has 0 unspecified atom stereocenters. The molecule has 16 heavy (non-hydrogen) atoms. The van der Waals surface area contributed by atoms with Crippen LogP contribution in [-0.4, -0.2) is 23.3 Å². The number of hydrogen-bond acceptors (Lipinski definition) is 3. The number of nitrogens with zero attached hydrogens (tertiary/aromatic N) is 2. The van der Waals surface area contributed by atoms with E-state index in [4.69, 9.17) is 0 Å². The number of rotatable bonds is 1. The molecule has 3 heteroatoms. The van der Waals surface area contributed by atoms with Crippen molar-refractivity contribution in [3.8, 4) is 0 Å². The van der Waals surface area contributed by atoms with Crippen molar-refractivity contribution in [1.82, 2.24) is 15.5 Å². The second-order valence-corrected chi connectivity index (χ2v) is 4.40. The van der Waals surface area contributed by atoms with Gasteiger partial charge in [-0.3, -0.25) is 0 Å². The second kappa shape index (κ2) is 4.18. The Morgan fingerprint density at radius 1 is 1.00 bits per heavy atom. The van der Waals surface area contributed by atoms with Crippen molar-refractivity contribution >= 4 is 10.8 Å². The van der Waals surface area contributed by atoms with Crippen molar-refractivity contribution in [3.05, 3.63) is 36.2 Å². The summed E-state index contributed by atoms with van der Waals surface area (Å²) in [6.07, 6.45) is 6.15. The zero-order valence-corrected chi connectivity index (χ0v) is 9.19. The van der Waals surface area contributed by atoms with E-state index in [0.717, 1.165) is 13.1 Å². The van der Waals surface area contributed by atoms with Gasteiger partial charge in [-0.15, -0.1) is 0 Å². The summed E-state index contributed by atoms with van der Waals surface area (Å²) in [5.41, 5.74) is 1.45. The van der Waals surface area contributed by atoms with Crippen LogP contribution < -0.4 is 5.32 Å². The van der Waals surface area contributed by atoms with Gasteiger partial charge in [-0.05, 0) is 43.5 Å². The quantitative estimate of drug-likeness (QED) is 0.788. The number of nitrogens with one attached hydrogen (secondary N) is 1. The molecular formula is C13H15N3. The zero-order chi connectivity index (χ0) is 10.8. The Kier molecular flexibility index (Phi) is 2.54. The predicted octanol–water partition coefficient (Wildman–Crippen LogP) is 2.10. The van der Waals surface area contributed by atoms with E-state index in [2.05, 4.69) is 33.7 Å². The maximum absolute atomic E-state index is 3.94. The second-order valence-electron chi connectivity index (χ2n) is 4.40. The van der Waals surface area contributed by atoms with Crippen LogP contribution in [-0.2, 0) is 0 Å². The molecule has 1 aliphatic heterocycles. The van der Waals surface area contributed by atoms with Crippen LogP contribution in [0.25, 0.3) is 10.8 Å². The number of piperidine rings is 1. The summed E-state index contributed by atoms with van der Waals surface area (Å²) in [4.78, 5) is 0. The minimum atomic E-state index is 0.707. The van der Waals surface area contributed by atoms with Crippen LogP contribution in [0.2, 0.25) is 0 Å². The SMILES string of the molecule is c1cc2cnncc2cc1C1CCNCC1. The number of fused-ring (bicyclic) bond motifs is 1. The molecule has 0 saturated carbocycles. The molecule has 1 aromatic carbocycles. The van der Waals surface area contributed by atoms with Crippen molar-refractivity contribution in [3.63, 3.8) is 0 Å². The summed E-state index contributed by atoms with van der Waals surface area (Å²) >= 11 is 0. The Morgan fingerprint density at radius 2 is 1.75 bits per heavy atom. The highest BCUT2D eigenvalue weighted by molar-refractivity contribution is 5.81. The van der Waals surface area contributed by atoms with Gasteiger partial charge in [0, 0.05) is 10.8 Å². The third-order valence-corrected chi connectivity index (χ3v) is 3.38. The van der Waals surface area contributed by atoms with Crippen molar-refractivity contribution in [2.24, 2.45) is 0 Å². The molecular weight excluding hydrogens is 198 g/mol. The van der Waals surface area contributed by atoms with E-state index in [9.17, 15) is 0 Å². The molecule has 3 nitrogen and oxygen atoms in total. The largest absolute Gasteiger partial charge is 0.317 e. The number of hydrogen-bond donors (Lipinski definition) is 1. The van der Waals surface area contributed by atoms with Crippen molar-refractivity contribution in [2.45, 2.75) is 18.8 Å². The first kappa shape index (κ1) is 9.73. The third kappa shape index (κ3) is 1.78. The van der Waals surface area contributed by atoms with Crippen LogP contribution in [0.4, 0.5) is 0 Å². The fourth-order valence-electron chi connectivity index (χ4n) is 2.42. The fourth-order valence-corrected chi connectivity index (χ4v) is 2.42. The molecule has 0 aliphatic carbocycles. The van der Waals surface area contributed by atoms with E-state index >= 15 is 0 Å². The summed E-state index contributed by atoms with van der Waals surface area (Å²) in [5.74, 6) is 0.707. The average molecular weight is 213 g/mol. The van der Waals surface area contributed by atoms with Crippen LogP contribution in [0.5, 0.6) is 0 Å². The summed E-state index contributed by atoms with van der Waals surface area (Å²) in [6.45, 7) is 2.27. The molecule has 0 bridgehead atoms. The minimum absolute atomic E-state index is 0.707. The molecule has 1 N–H and O–H groups in total. The van der Waals surface area contributed by atoms with E-state index in [1.165, 1.54) is 29.2 Å². The topological polar surface area (TPSA) is 37.8 Å². The number of benzene rings is 1.